The molecule has 90 valence electrons. The fourth-order valence-corrected chi connectivity index (χ4v) is 1.62. The molecule has 0 amide bonds. The van der Waals surface area contributed by atoms with Crippen LogP contribution in [0.5, 0.6) is 5.75 Å². The predicted octanol–water partition coefficient (Wildman–Crippen LogP) is 3.48. The molecule has 0 bridgehead atoms. The van der Waals surface area contributed by atoms with Gasteiger partial charge in [-0.1, -0.05) is 25.4 Å². The number of hydrogen-bond acceptors (Lipinski definition) is 2. The van der Waals surface area contributed by atoms with Gasteiger partial charge in [-0.3, -0.25) is 0 Å². The van der Waals surface area contributed by atoms with Crippen LogP contribution >= 0.6 is 11.6 Å². The minimum Gasteiger partial charge on any atom is -0.493 e. The zero-order valence-electron chi connectivity index (χ0n) is 10.2. The second-order valence-electron chi connectivity index (χ2n) is 4.31. The molecule has 3 heteroatoms. The van der Waals surface area contributed by atoms with Gasteiger partial charge in [0.15, 0.2) is 0 Å². The summed E-state index contributed by atoms with van der Waals surface area (Å²) >= 11 is 5.95. The SMILES string of the molecule is CNCc1cc(Cl)ccc1OCCC(C)C. The second-order valence-corrected chi connectivity index (χ2v) is 4.75. The van der Waals surface area contributed by atoms with Gasteiger partial charge in [-0.25, -0.2) is 0 Å². The average Bonchev–Trinajstić information content (AvgIpc) is 2.21. The van der Waals surface area contributed by atoms with Crippen LogP contribution in [0.25, 0.3) is 0 Å². The Morgan fingerprint density at radius 2 is 2.12 bits per heavy atom. The average molecular weight is 242 g/mol. The smallest absolute Gasteiger partial charge is 0.123 e. The van der Waals surface area contributed by atoms with Crippen molar-refractivity contribution in [3.63, 3.8) is 0 Å². The molecule has 1 rings (SSSR count). The summed E-state index contributed by atoms with van der Waals surface area (Å²) in [5.41, 5.74) is 1.11. The Bertz CT molecular complexity index is 326. The molecular formula is C13H20ClNO. The molecule has 0 saturated heterocycles. The predicted molar refractivity (Wildman–Crippen MR) is 69.2 cm³/mol. The van der Waals surface area contributed by atoms with Crippen molar-refractivity contribution in [2.75, 3.05) is 13.7 Å². The van der Waals surface area contributed by atoms with E-state index in [1.54, 1.807) is 0 Å². The molecule has 2 nitrogen and oxygen atoms in total. The summed E-state index contributed by atoms with van der Waals surface area (Å²) in [6.07, 6.45) is 1.07. The molecule has 0 aliphatic rings. The van der Waals surface area contributed by atoms with Crippen LogP contribution in [0, 0.1) is 5.92 Å². The van der Waals surface area contributed by atoms with Crippen molar-refractivity contribution < 1.29 is 4.74 Å². The van der Waals surface area contributed by atoms with Gasteiger partial charge in [-0.15, -0.1) is 0 Å². The first kappa shape index (κ1) is 13.3. The number of halogens is 1. The quantitative estimate of drug-likeness (QED) is 0.823. The molecular weight excluding hydrogens is 222 g/mol. The van der Waals surface area contributed by atoms with E-state index in [4.69, 9.17) is 16.3 Å². The molecule has 0 spiro atoms. The first-order valence-electron chi connectivity index (χ1n) is 5.69. The standard InChI is InChI=1S/C13H20ClNO/c1-10(2)6-7-16-13-5-4-12(14)8-11(13)9-15-3/h4-5,8,10,15H,6-7,9H2,1-3H3. The monoisotopic (exact) mass is 241 g/mol. The molecule has 0 saturated carbocycles. The van der Waals surface area contributed by atoms with Gasteiger partial charge in [0.1, 0.15) is 5.75 Å². The summed E-state index contributed by atoms with van der Waals surface area (Å²) in [6.45, 7) is 5.92. The van der Waals surface area contributed by atoms with Crippen LogP contribution in [0.1, 0.15) is 25.8 Å². The summed E-state index contributed by atoms with van der Waals surface area (Å²) in [5.74, 6) is 1.60. The van der Waals surface area contributed by atoms with Crippen LogP contribution in [-0.2, 0) is 6.54 Å². The third-order valence-electron chi connectivity index (χ3n) is 2.34. The van der Waals surface area contributed by atoms with Gasteiger partial charge in [0.25, 0.3) is 0 Å². The second kappa shape index (κ2) is 6.77. The molecule has 0 aromatic heterocycles. The van der Waals surface area contributed by atoms with E-state index in [0.717, 1.165) is 35.9 Å². The van der Waals surface area contributed by atoms with E-state index in [2.05, 4.69) is 19.2 Å². The maximum absolute atomic E-state index is 5.95. The Hall–Kier alpha value is -0.730. The van der Waals surface area contributed by atoms with E-state index in [-0.39, 0.29) is 0 Å². The van der Waals surface area contributed by atoms with Crippen molar-refractivity contribution in [2.24, 2.45) is 5.92 Å². The Morgan fingerprint density at radius 3 is 2.75 bits per heavy atom. The number of ether oxygens (including phenoxy) is 1. The lowest BCUT2D eigenvalue weighted by Crippen LogP contribution is -2.09. The minimum atomic E-state index is 0.667. The lowest BCUT2D eigenvalue weighted by molar-refractivity contribution is 0.286. The van der Waals surface area contributed by atoms with Crippen molar-refractivity contribution in [3.05, 3.63) is 28.8 Å². The van der Waals surface area contributed by atoms with Crippen LogP contribution in [0.15, 0.2) is 18.2 Å². The molecule has 16 heavy (non-hydrogen) atoms. The van der Waals surface area contributed by atoms with E-state index < -0.39 is 0 Å². The van der Waals surface area contributed by atoms with Crippen LogP contribution in [-0.4, -0.2) is 13.7 Å². The first-order valence-corrected chi connectivity index (χ1v) is 6.07. The third kappa shape index (κ3) is 4.42. The normalized spacial score (nSPS) is 10.8. The molecule has 1 N–H and O–H groups in total. The van der Waals surface area contributed by atoms with Gasteiger partial charge in [0.05, 0.1) is 6.61 Å². The van der Waals surface area contributed by atoms with E-state index in [9.17, 15) is 0 Å². The third-order valence-corrected chi connectivity index (χ3v) is 2.58. The van der Waals surface area contributed by atoms with Gasteiger partial charge < -0.3 is 10.1 Å². The summed E-state index contributed by atoms with van der Waals surface area (Å²) in [5, 5.41) is 3.86. The van der Waals surface area contributed by atoms with E-state index >= 15 is 0 Å². The molecule has 0 radical (unpaired) electrons. The maximum Gasteiger partial charge on any atom is 0.123 e. The molecule has 1 aromatic carbocycles. The molecule has 0 heterocycles. The Morgan fingerprint density at radius 1 is 1.38 bits per heavy atom. The Kier molecular flexibility index (Phi) is 5.64. The van der Waals surface area contributed by atoms with Gasteiger partial charge in [0.2, 0.25) is 0 Å². The number of nitrogens with one attached hydrogen (secondary N) is 1. The highest BCUT2D eigenvalue weighted by molar-refractivity contribution is 6.30. The van der Waals surface area contributed by atoms with E-state index in [1.807, 2.05) is 25.2 Å². The van der Waals surface area contributed by atoms with E-state index in [1.165, 1.54) is 0 Å². The van der Waals surface area contributed by atoms with Gasteiger partial charge in [0, 0.05) is 17.1 Å². The van der Waals surface area contributed by atoms with Gasteiger partial charge in [-0.05, 0) is 37.6 Å². The molecule has 0 unspecified atom stereocenters. The zero-order chi connectivity index (χ0) is 12.0. The highest BCUT2D eigenvalue weighted by atomic mass is 35.5. The van der Waals surface area contributed by atoms with Crippen molar-refractivity contribution in [3.8, 4) is 5.75 Å². The fraction of sp³-hybridized carbons (Fsp3) is 0.538. The van der Waals surface area contributed by atoms with E-state index in [0.29, 0.717) is 5.92 Å². The van der Waals surface area contributed by atoms with Crippen LogP contribution in [0.4, 0.5) is 0 Å². The number of benzene rings is 1. The van der Waals surface area contributed by atoms with Crippen LogP contribution in [0.3, 0.4) is 0 Å². The summed E-state index contributed by atoms with van der Waals surface area (Å²) < 4.78 is 5.76. The fourth-order valence-electron chi connectivity index (χ4n) is 1.42. The zero-order valence-corrected chi connectivity index (χ0v) is 11.0. The summed E-state index contributed by atoms with van der Waals surface area (Å²) in [4.78, 5) is 0. The maximum atomic E-state index is 5.95. The van der Waals surface area contributed by atoms with Crippen molar-refractivity contribution in [1.29, 1.82) is 0 Å². The lowest BCUT2D eigenvalue weighted by Gasteiger charge is -2.12. The number of hydrogen-bond donors (Lipinski definition) is 1. The summed E-state index contributed by atoms with van der Waals surface area (Å²) in [6, 6.07) is 5.75. The number of rotatable bonds is 6. The van der Waals surface area contributed by atoms with Crippen molar-refractivity contribution in [1.82, 2.24) is 5.32 Å². The molecule has 0 atom stereocenters. The van der Waals surface area contributed by atoms with Crippen molar-refractivity contribution in [2.45, 2.75) is 26.8 Å². The highest BCUT2D eigenvalue weighted by Gasteiger charge is 2.04. The van der Waals surface area contributed by atoms with Gasteiger partial charge in [-0.2, -0.15) is 0 Å². The largest absolute Gasteiger partial charge is 0.493 e. The molecule has 0 fully saturated rings. The molecule has 1 aromatic rings. The minimum absolute atomic E-state index is 0.667. The molecule has 0 aliphatic carbocycles. The van der Waals surface area contributed by atoms with Gasteiger partial charge >= 0.3 is 0 Å². The molecule has 0 aliphatic heterocycles. The Balaban J connectivity index is 2.63. The van der Waals surface area contributed by atoms with Crippen LogP contribution < -0.4 is 10.1 Å². The van der Waals surface area contributed by atoms with Crippen molar-refractivity contribution >= 4 is 11.6 Å². The topological polar surface area (TPSA) is 21.3 Å². The Labute approximate surface area is 103 Å². The lowest BCUT2D eigenvalue weighted by atomic mass is 10.1. The first-order chi connectivity index (χ1) is 7.63. The highest BCUT2D eigenvalue weighted by Crippen LogP contribution is 2.23. The summed E-state index contributed by atoms with van der Waals surface area (Å²) in [7, 11) is 1.92. The van der Waals surface area contributed by atoms with Crippen LogP contribution in [0.2, 0.25) is 5.02 Å².